The summed E-state index contributed by atoms with van der Waals surface area (Å²) in [5.74, 6) is 0.944. The molecule has 116 valence electrons. The van der Waals surface area contributed by atoms with E-state index in [1.54, 1.807) is 19.0 Å². The minimum atomic E-state index is 0.145. The third kappa shape index (κ3) is 4.76. The summed E-state index contributed by atoms with van der Waals surface area (Å²) < 4.78 is 0. The molecule has 1 atom stereocenters. The highest BCUT2D eigenvalue weighted by atomic mass is 16.2. The fourth-order valence-corrected chi connectivity index (χ4v) is 3.07. The molecule has 3 nitrogen and oxygen atoms in total. The molecule has 1 aliphatic carbocycles. The van der Waals surface area contributed by atoms with Crippen LogP contribution in [0.15, 0.2) is 24.3 Å². The number of anilines is 1. The zero-order valence-corrected chi connectivity index (χ0v) is 13.6. The lowest BCUT2D eigenvalue weighted by Crippen LogP contribution is -2.27. The van der Waals surface area contributed by atoms with Gasteiger partial charge in [0.25, 0.3) is 0 Å². The van der Waals surface area contributed by atoms with Gasteiger partial charge in [0, 0.05) is 25.8 Å². The molecule has 2 rings (SSSR count). The Labute approximate surface area is 128 Å². The van der Waals surface area contributed by atoms with E-state index < -0.39 is 0 Å². The van der Waals surface area contributed by atoms with E-state index in [0.717, 1.165) is 17.2 Å². The normalized spacial score (nSPS) is 17.3. The van der Waals surface area contributed by atoms with Crippen LogP contribution >= 0.6 is 0 Å². The predicted molar refractivity (Wildman–Crippen MR) is 88.5 cm³/mol. The SMILES string of the molecule is CC(Nc1ccc(CC(=O)N(C)C)cc1)C1CCCCC1. The zero-order valence-electron chi connectivity index (χ0n) is 13.6. The van der Waals surface area contributed by atoms with Gasteiger partial charge in [-0.2, -0.15) is 0 Å². The van der Waals surface area contributed by atoms with E-state index in [4.69, 9.17) is 0 Å². The highest BCUT2D eigenvalue weighted by Gasteiger charge is 2.19. The van der Waals surface area contributed by atoms with Crippen molar-refractivity contribution in [3.63, 3.8) is 0 Å². The number of carbonyl (C=O) groups excluding carboxylic acids is 1. The summed E-state index contributed by atoms with van der Waals surface area (Å²) in [5.41, 5.74) is 2.23. The summed E-state index contributed by atoms with van der Waals surface area (Å²) in [7, 11) is 3.59. The standard InChI is InChI=1S/C18H28N2O/c1-14(16-7-5-4-6-8-16)19-17-11-9-15(10-12-17)13-18(21)20(2)3/h9-12,14,16,19H,4-8,13H2,1-3H3. The molecule has 0 heterocycles. The van der Waals surface area contributed by atoms with E-state index >= 15 is 0 Å². The molecule has 1 aromatic carbocycles. The fraction of sp³-hybridized carbons (Fsp3) is 0.611. The Morgan fingerprint density at radius 1 is 1.19 bits per heavy atom. The van der Waals surface area contributed by atoms with Gasteiger partial charge in [0.05, 0.1) is 6.42 Å². The number of rotatable bonds is 5. The number of amides is 1. The fourth-order valence-electron chi connectivity index (χ4n) is 3.07. The molecular weight excluding hydrogens is 260 g/mol. The van der Waals surface area contributed by atoms with Crippen molar-refractivity contribution < 1.29 is 4.79 Å². The van der Waals surface area contributed by atoms with E-state index in [1.165, 1.54) is 32.1 Å². The van der Waals surface area contributed by atoms with Crippen LogP contribution in [0.3, 0.4) is 0 Å². The van der Waals surface area contributed by atoms with Crippen molar-refractivity contribution in [1.82, 2.24) is 4.90 Å². The average molecular weight is 288 g/mol. The smallest absolute Gasteiger partial charge is 0.226 e. The minimum Gasteiger partial charge on any atom is -0.382 e. The maximum atomic E-state index is 11.7. The average Bonchev–Trinajstić information content (AvgIpc) is 2.50. The Bertz CT molecular complexity index is 447. The molecule has 1 fully saturated rings. The van der Waals surface area contributed by atoms with E-state index in [9.17, 15) is 4.79 Å². The quantitative estimate of drug-likeness (QED) is 0.896. The molecule has 0 bridgehead atoms. The summed E-state index contributed by atoms with van der Waals surface area (Å²) in [6.07, 6.45) is 7.33. The maximum absolute atomic E-state index is 11.7. The third-order valence-corrected chi connectivity index (χ3v) is 4.56. The molecule has 0 aromatic heterocycles. The van der Waals surface area contributed by atoms with Crippen LogP contribution in [0.25, 0.3) is 0 Å². The Morgan fingerprint density at radius 2 is 1.81 bits per heavy atom. The van der Waals surface area contributed by atoms with Crippen LogP contribution in [0, 0.1) is 5.92 Å². The van der Waals surface area contributed by atoms with Gasteiger partial charge in [0.1, 0.15) is 0 Å². The van der Waals surface area contributed by atoms with Crippen molar-refractivity contribution in [3.05, 3.63) is 29.8 Å². The largest absolute Gasteiger partial charge is 0.382 e. The van der Waals surface area contributed by atoms with Gasteiger partial charge in [-0.1, -0.05) is 31.4 Å². The van der Waals surface area contributed by atoms with Gasteiger partial charge in [0.2, 0.25) is 5.91 Å². The second-order valence-corrected chi connectivity index (χ2v) is 6.49. The number of nitrogens with zero attached hydrogens (tertiary/aromatic N) is 1. The number of hydrogen-bond donors (Lipinski definition) is 1. The zero-order chi connectivity index (χ0) is 15.2. The van der Waals surface area contributed by atoms with Crippen LogP contribution < -0.4 is 5.32 Å². The van der Waals surface area contributed by atoms with Crippen molar-refractivity contribution in [2.45, 2.75) is 51.5 Å². The Kier molecular flexibility index (Phi) is 5.66. The van der Waals surface area contributed by atoms with Crippen molar-refractivity contribution in [2.24, 2.45) is 5.92 Å². The molecule has 1 aliphatic rings. The summed E-state index contributed by atoms with van der Waals surface area (Å²) in [4.78, 5) is 13.3. The van der Waals surface area contributed by atoms with Crippen LogP contribution in [0.1, 0.15) is 44.6 Å². The molecule has 21 heavy (non-hydrogen) atoms. The molecule has 1 amide bonds. The molecule has 0 saturated heterocycles. The molecule has 0 aliphatic heterocycles. The van der Waals surface area contributed by atoms with Crippen molar-refractivity contribution in [3.8, 4) is 0 Å². The Morgan fingerprint density at radius 3 is 2.38 bits per heavy atom. The topological polar surface area (TPSA) is 32.3 Å². The lowest BCUT2D eigenvalue weighted by atomic mass is 9.84. The number of likely N-dealkylation sites (N-methyl/N-ethyl adjacent to an activating group) is 1. The van der Waals surface area contributed by atoms with E-state index in [1.807, 2.05) is 0 Å². The predicted octanol–water partition coefficient (Wildman–Crippen LogP) is 3.70. The van der Waals surface area contributed by atoms with Crippen LogP contribution in [0.5, 0.6) is 0 Å². The van der Waals surface area contributed by atoms with E-state index in [-0.39, 0.29) is 5.91 Å². The van der Waals surface area contributed by atoms with Gasteiger partial charge >= 0.3 is 0 Å². The Hall–Kier alpha value is -1.51. The van der Waals surface area contributed by atoms with Crippen molar-refractivity contribution in [2.75, 3.05) is 19.4 Å². The number of carbonyl (C=O) groups is 1. The van der Waals surface area contributed by atoms with Gasteiger partial charge in [-0.25, -0.2) is 0 Å². The van der Waals surface area contributed by atoms with Crippen LogP contribution in [-0.2, 0) is 11.2 Å². The molecule has 1 N–H and O–H groups in total. The number of benzene rings is 1. The van der Waals surface area contributed by atoms with Gasteiger partial charge in [0.15, 0.2) is 0 Å². The summed E-state index contributed by atoms with van der Waals surface area (Å²) in [6.45, 7) is 2.29. The van der Waals surface area contributed by atoms with Crippen LogP contribution in [0.2, 0.25) is 0 Å². The van der Waals surface area contributed by atoms with Gasteiger partial charge < -0.3 is 10.2 Å². The second kappa shape index (κ2) is 7.48. The lowest BCUT2D eigenvalue weighted by molar-refractivity contribution is -0.127. The maximum Gasteiger partial charge on any atom is 0.226 e. The second-order valence-electron chi connectivity index (χ2n) is 6.49. The van der Waals surface area contributed by atoms with Crippen molar-refractivity contribution in [1.29, 1.82) is 0 Å². The van der Waals surface area contributed by atoms with Crippen LogP contribution in [-0.4, -0.2) is 30.9 Å². The van der Waals surface area contributed by atoms with Gasteiger partial charge in [-0.3, -0.25) is 4.79 Å². The first-order valence-electron chi connectivity index (χ1n) is 8.12. The highest BCUT2D eigenvalue weighted by molar-refractivity contribution is 5.78. The minimum absolute atomic E-state index is 0.145. The number of nitrogens with one attached hydrogen (secondary N) is 1. The van der Waals surface area contributed by atoms with E-state index in [2.05, 4.69) is 36.5 Å². The molecule has 0 spiro atoms. The van der Waals surface area contributed by atoms with Gasteiger partial charge in [-0.15, -0.1) is 0 Å². The molecule has 1 aromatic rings. The first kappa shape index (κ1) is 15.9. The molecule has 1 saturated carbocycles. The molecule has 0 radical (unpaired) electrons. The first-order valence-corrected chi connectivity index (χ1v) is 8.12. The van der Waals surface area contributed by atoms with E-state index in [0.29, 0.717) is 12.5 Å². The summed E-state index contributed by atoms with van der Waals surface area (Å²) >= 11 is 0. The molecule has 1 unspecified atom stereocenters. The summed E-state index contributed by atoms with van der Waals surface area (Å²) in [5, 5.41) is 3.62. The molecule has 3 heteroatoms. The van der Waals surface area contributed by atoms with Gasteiger partial charge in [-0.05, 0) is 43.4 Å². The monoisotopic (exact) mass is 288 g/mol. The number of hydrogen-bond acceptors (Lipinski definition) is 2. The van der Waals surface area contributed by atoms with Crippen molar-refractivity contribution >= 4 is 11.6 Å². The lowest BCUT2D eigenvalue weighted by Gasteiger charge is -2.29. The summed E-state index contributed by atoms with van der Waals surface area (Å²) in [6, 6.07) is 8.82. The molecular formula is C18H28N2O. The highest BCUT2D eigenvalue weighted by Crippen LogP contribution is 2.28. The Balaban J connectivity index is 1.88. The first-order chi connectivity index (χ1) is 10.1. The third-order valence-electron chi connectivity index (χ3n) is 4.56. The van der Waals surface area contributed by atoms with Crippen LogP contribution in [0.4, 0.5) is 5.69 Å².